The number of aryl methyl sites for hydroxylation is 1. The second-order valence-corrected chi connectivity index (χ2v) is 4.89. The fourth-order valence-electron chi connectivity index (χ4n) is 1.18. The SMILES string of the molecule is CNCc1sc(-c2cncs2)nc1C. The zero-order chi connectivity index (χ0) is 9.97. The van der Waals surface area contributed by atoms with Crippen molar-refractivity contribution in [2.24, 2.45) is 0 Å². The first kappa shape index (κ1) is 9.76. The average molecular weight is 225 g/mol. The fourth-order valence-corrected chi connectivity index (χ4v) is 2.93. The lowest BCUT2D eigenvalue weighted by Gasteiger charge is -1.93. The second-order valence-electron chi connectivity index (χ2n) is 2.92. The third kappa shape index (κ3) is 1.84. The van der Waals surface area contributed by atoms with Crippen LogP contribution in [0.4, 0.5) is 0 Å². The molecule has 0 aliphatic carbocycles. The molecule has 0 aliphatic heterocycles. The number of nitrogens with zero attached hydrogens (tertiary/aromatic N) is 2. The van der Waals surface area contributed by atoms with Gasteiger partial charge in [-0.15, -0.1) is 22.7 Å². The van der Waals surface area contributed by atoms with Crippen molar-refractivity contribution in [2.45, 2.75) is 13.5 Å². The van der Waals surface area contributed by atoms with E-state index in [1.165, 1.54) is 4.88 Å². The summed E-state index contributed by atoms with van der Waals surface area (Å²) >= 11 is 3.37. The van der Waals surface area contributed by atoms with E-state index in [4.69, 9.17) is 0 Å². The van der Waals surface area contributed by atoms with Gasteiger partial charge in [-0.25, -0.2) is 4.98 Å². The molecule has 0 aliphatic rings. The van der Waals surface area contributed by atoms with Crippen LogP contribution in [-0.2, 0) is 6.54 Å². The monoisotopic (exact) mass is 225 g/mol. The molecule has 3 nitrogen and oxygen atoms in total. The minimum Gasteiger partial charge on any atom is -0.315 e. The van der Waals surface area contributed by atoms with Crippen molar-refractivity contribution in [1.82, 2.24) is 15.3 Å². The third-order valence-corrected chi connectivity index (χ3v) is 3.97. The molecule has 0 saturated carbocycles. The van der Waals surface area contributed by atoms with E-state index in [-0.39, 0.29) is 0 Å². The van der Waals surface area contributed by atoms with Gasteiger partial charge in [0.05, 0.1) is 16.1 Å². The molecule has 0 radical (unpaired) electrons. The molecule has 74 valence electrons. The van der Waals surface area contributed by atoms with Crippen molar-refractivity contribution in [3.05, 3.63) is 22.3 Å². The van der Waals surface area contributed by atoms with Gasteiger partial charge in [-0.1, -0.05) is 0 Å². The summed E-state index contributed by atoms with van der Waals surface area (Å²) in [6.45, 7) is 2.94. The first-order chi connectivity index (χ1) is 6.81. The van der Waals surface area contributed by atoms with E-state index in [9.17, 15) is 0 Å². The number of aromatic nitrogens is 2. The van der Waals surface area contributed by atoms with Crippen LogP contribution in [0.2, 0.25) is 0 Å². The lowest BCUT2D eigenvalue weighted by molar-refractivity contribution is 0.823. The lowest BCUT2D eigenvalue weighted by atomic mass is 10.4. The Balaban J connectivity index is 2.33. The molecule has 0 spiro atoms. The summed E-state index contributed by atoms with van der Waals surface area (Å²) in [4.78, 5) is 11.0. The van der Waals surface area contributed by atoms with Crippen molar-refractivity contribution in [2.75, 3.05) is 7.05 Å². The van der Waals surface area contributed by atoms with Gasteiger partial charge in [-0.05, 0) is 14.0 Å². The molecule has 0 amide bonds. The molecule has 1 N–H and O–H groups in total. The lowest BCUT2D eigenvalue weighted by Crippen LogP contribution is -2.04. The van der Waals surface area contributed by atoms with Crippen LogP contribution in [0.15, 0.2) is 11.7 Å². The van der Waals surface area contributed by atoms with E-state index in [0.29, 0.717) is 0 Å². The van der Waals surface area contributed by atoms with Crippen LogP contribution in [-0.4, -0.2) is 17.0 Å². The van der Waals surface area contributed by atoms with Crippen molar-refractivity contribution in [1.29, 1.82) is 0 Å². The molecule has 0 aromatic carbocycles. The zero-order valence-electron chi connectivity index (χ0n) is 8.07. The predicted octanol–water partition coefficient (Wildman–Crippen LogP) is 2.29. The van der Waals surface area contributed by atoms with E-state index in [0.717, 1.165) is 22.1 Å². The third-order valence-electron chi connectivity index (χ3n) is 1.87. The van der Waals surface area contributed by atoms with Crippen molar-refractivity contribution in [3.63, 3.8) is 0 Å². The average Bonchev–Trinajstić information content (AvgIpc) is 2.76. The van der Waals surface area contributed by atoms with E-state index in [1.54, 1.807) is 22.7 Å². The van der Waals surface area contributed by atoms with E-state index in [2.05, 4.69) is 15.3 Å². The van der Waals surface area contributed by atoms with Crippen molar-refractivity contribution in [3.8, 4) is 9.88 Å². The molecule has 0 bridgehead atoms. The summed E-state index contributed by atoms with van der Waals surface area (Å²) in [6, 6.07) is 0. The Labute approximate surface area is 90.9 Å². The molecule has 0 fully saturated rings. The molecule has 2 aromatic rings. The van der Waals surface area contributed by atoms with Crippen LogP contribution >= 0.6 is 22.7 Å². The normalized spacial score (nSPS) is 10.7. The van der Waals surface area contributed by atoms with Gasteiger partial charge in [0.2, 0.25) is 0 Å². The minimum atomic E-state index is 0.891. The summed E-state index contributed by atoms with van der Waals surface area (Å²) in [6.07, 6.45) is 1.87. The van der Waals surface area contributed by atoms with Crippen LogP contribution < -0.4 is 5.32 Å². The highest BCUT2D eigenvalue weighted by Gasteiger charge is 2.09. The maximum absolute atomic E-state index is 4.52. The molecule has 2 rings (SSSR count). The first-order valence-corrected chi connectivity index (χ1v) is 6.00. The van der Waals surface area contributed by atoms with E-state index >= 15 is 0 Å². The molecular formula is C9H11N3S2. The van der Waals surface area contributed by atoms with Crippen molar-refractivity contribution < 1.29 is 0 Å². The smallest absolute Gasteiger partial charge is 0.135 e. The van der Waals surface area contributed by atoms with Gasteiger partial charge in [-0.3, -0.25) is 4.98 Å². The quantitative estimate of drug-likeness (QED) is 0.871. The summed E-state index contributed by atoms with van der Waals surface area (Å²) in [5.74, 6) is 0. The molecule has 0 unspecified atom stereocenters. The Morgan fingerprint density at radius 2 is 2.36 bits per heavy atom. The Hall–Kier alpha value is -0.780. The zero-order valence-corrected chi connectivity index (χ0v) is 9.71. The highest BCUT2D eigenvalue weighted by atomic mass is 32.1. The Kier molecular flexibility index (Phi) is 2.90. The van der Waals surface area contributed by atoms with Crippen LogP contribution in [0.3, 0.4) is 0 Å². The summed E-state index contributed by atoms with van der Waals surface area (Å²) in [5, 5.41) is 4.22. The molecule has 0 saturated heterocycles. The Morgan fingerprint density at radius 1 is 1.50 bits per heavy atom. The molecule has 14 heavy (non-hydrogen) atoms. The number of hydrogen-bond donors (Lipinski definition) is 1. The second kappa shape index (κ2) is 4.16. The van der Waals surface area contributed by atoms with Crippen LogP contribution in [0, 0.1) is 6.92 Å². The van der Waals surface area contributed by atoms with Crippen LogP contribution in [0.5, 0.6) is 0 Å². The van der Waals surface area contributed by atoms with Gasteiger partial charge in [0, 0.05) is 17.6 Å². The Morgan fingerprint density at radius 3 is 3.00 bits per heavy atom. The van der Waals surface area contributed by atoms with Gasteiger partial charge >= 0.3 is 0 Å². The maximum Gasteiger partial charge on any atom is 0.135 e. The minimum absolute atomic E-state index is 0.891. The number of hydrogen-bond acceptors (Lipinski definition) is 5. The summed E-state index contributed by atoms with van der Waals surface area (Å²) < 4.78 is 0. The summed E-state index contributed by atoms with van der Waals surface area (Å²) in [7, 11) is 1.95. The largest absolute Gasteiger partial charge is 0.315 e. The maximum atomic E-state index is 4.52. The Bertz CT molecular complexity index is 406. The predicted molar refractivity (Wildman–Crippen MR) is 60.7 cm³/mol. The highest BCUT2D eigenvalue weighted by Crippen LogP contribution is 2.29. The van der Waals surface area contributed by atoms with Crippen molar-refractivity contribution >= 4 is 22.7 Å². The van der Waals surface area contributed by atoms with Gasteiger partial charge in [0.15, 0.2) is 0 Å². The van der Waals surface area contributed by atoms with Gasteiger partial charge in [0.25, 0.3) is 0 Å². The fraction of sp³-hybridized carbons (Fsp3) is 0.333. The topological polar surface area (TPSA) is 37.8 Å². The molecule has 2 aromatic heterocycles. The van der Waals surface area contributed by atoms with Crippen LogP contribution in [0.1, 0.15) is 10.6 Å². The molecule has 0 atom stereocenters. The van der Waals surface area contributed by atoms with Gasteiger partial charge in [-0.2, -0.15) is 0 Å². The molecule has 2 heterocycles. The highest BCUT2D eigenvalue weighted by molar-refractivity contribution is 7.20. The van der Waals surface area contributed by atoms with Crippen LogP contribution in [0.25, 0.3) is 9.88 Å². The molecular weight excluding hydrogens is 214 g/mol. The van der Waals surface area contributed by atoms with E-state index in [1.807, 2.05) is 25.7 Å². The number of rotatable bonds is 3. The molecule has 5 heteroatoms. The standard InChI is InChI=1S/C9H11N3S2/c1-6-7(3-10-2)14-9(12-6)8-4-11-5-13-8/h4-5,10H,3H2,1-2H3. The van der Waals surface area contributed by atoms with Gasteiger partial charge in [0.1, 0.15) is 5.01 Å². The van der Waals surface area contributed by atoms with E-state index < -0.39 is 0 Å². The summed E-state index contributed by atoms with van der Waals surface area (Å²) in [5.41, 5.74) is 2.96. The number of nitrogens with one attached hydrogen (secondary N) is 1. The number of thiazole rings is 2. The first-order valence-electron chi connectivity index (χ1n) is 4.31. The van der Waals surface area contributed by atoms with Gasteiger partial charge < -0.3 is 5.32 Å².